The number of urea groups is 1. The molecule has 2 aromatic rings. The summed E-state index contributed by atoms with van der Waals surface area (Å²) in [6.07, 6.45) is 2.12. The van der Waals surface area contributed by atoms with Gasteiger partial charge in [0.25, 0.3) is 0 Å². The predicted molar refractivity (Wildman–Crippen MR) is 116 cm³/mol. The Bertz CT molecular complexity index is 802. The number of nitrogens with zero attached hydrogens (tertiary/aromatic N) is 1. The molecule has 4 nitrogen and oxygen atoms in total. The third-order valence-electron chi connectivity index (χ3n) is 5.49. The molecule has 150 valence electrons. The number of carbonyl (C=O) groups excluding carboxylic acids is 1. The lowest BCUT2D eigenvalue weighted by Gasteiger charge is -2.39. The minimum absolute atomic E-state index is 0.0261. The van der Waals surface area contributed by atoms with Crippen molar-refractivity contribution in [3.63, 3.8) is 0 Å². The maximum Gasteiger partial charge on any atom is 0.318 e. The molecular formula is C23H29BrN2O2. The van der Waals surface area contributed by atoms with Gasteiger partial charge in [-0.15, -0.1) is 0 Å². The van der Waals surface area contributed by atoms with Crippen LogP contribution < -0.4 is 5.32 Å². The Balaban J connectivity index is 1.90. The molecule has 2 amide bonds. The molecule has 1 saturated heterocycles. The number of carbonyl (C=O) groups is 1. The van der Waals surface area contributed by atoms with E-state index < -0.39 is 11.1 Å². The van der Waals surface area contributed by atoms with Crippen LogP contribution in [0.5, 0.6) is 0 Å². The van der Waals surface area contributed by atoms with Crippen LogP contribution in [0.4, 0.5) is 4.79 Å². The van der Waals surface area contributed by atoms with Gasteiger partial charge >= 0.3 is 6.03 Å². The fourth-order valence-corrected chi connectivity index (χ4v) is 4.49. The Kier molecular flexibility index (Phi) is 6.15. The zero-order chi connectivity index (χ0) is 20.4. The molecule has 3 rings (SSSR count). The van der Waals surface area contributed by atoms with Crippen LogP contribution in [0.2, 0.25) is 0 Å². The van der Waals surface area contributed by atoms with Crippen molar-refractivity contribution in [3.05, 3.63) is 70.2 Å². The molecule has 0 saturated carbocycles. The first-order valence-corrected chi connectivity index (χ1v) is 10.6. The van der Waals surface area contributed by atoms with E-state index in [1.165, 1.54) is 0 Å². The molecule has 1 fully saturated rings. The van der Waals surface area contributed by atoms with Gasteiger partial charge in [0.2, 0.25) is 0 Å². The van der Waals surface area contributed by atoms with E-state index in [4.69, 9.17) is 0 Å². The fraction of sp³-hybridized carbons (Fsp3) is 0.435. The monoisotopic (exact) mass is 444 g/mol. The molecule has 1 heterocycles. The average molecular weight is 445 g/mol. The van der Waals surface area contributed by atoms with Crippen molar-refractivity contribution in [3.8, 4) is 0 Å². The summed E-state index contributed by atoms with van der Waals surface area (Å²) >= 11 is 3.47. The lowest BCUT2D eigenvalue weighted by atomic mass is 9.77. The smallest absolute Gasteiger partial charge is 0.318 e. The molecule has 1 aliphatic rings. The Morgan fingerprint density at radius 1 is 1.18 bits per heavy atom. The van der Waals surface area contributed by atoms with Crippen molar-refractivity contribution in [2.45, 2.75) is 57.2 Å². The molecule has 2 aromatic carbocycles. The number of nitrogens with one attached hydrogen (secondary N) is 1. The van der Waals surface area contributed by atoms with Crippen LogP contribution >= 0.6 is 15.9 Å². The topological polar surface area (TPSA) is 52.6 Å². The van der Waals surface area contributed by atoms with E-state index in [9.17, 15) is 9.90 Å². The van der Waals surface area contributed by atoms with Gasteiger partial charge < -0.3 is 15.3 Å². The third-order valence-corrected chi connectivity index (χ3v) is 6.02. The lowest BCUT2D eigenvalue weighted by Crippen LogP contribution is -2.52. The standard InChI is InChI=1S/C23H29BrN2O2/c1-17(18-10-12-20(24)13-11-18)26-15-7-14-23(25-21(26)27,16-22(2,3)28)19-8-5-4-6-9-19/h4-6,8-13,17,28H,7,14-16H2,1-3H3,(H,25,27)/t17-,23-/m0/s1. The second-order valence-electron chi connectivity index (χ2n) is 8.39. The van der Waals surface area contributed by atoms with Gasteiger partial charge in [-0.05, 0) is 56.9 Å². The maximum atomic E-state index is 13.3. The summed E-state index contributed by atoms with van der Waals surface area (Å²) in [6, 6.07) is 18.0. The third kappa shape index (κ3) is 4.76. The van der Waals surface area contributed by atoms with Crippen LogP contribution in [0, 0.1) is 0 Å². The highest BCUT2D eigenvalue weighted by molar-refractivity contribution is 9.10. The van der Waals surface area contributed by atoms with Crippen LogP contribution in [0.1, 0.15) is 57.2 Å². The van der Waals surface area contributed by atoms with Gasteiger partial charge in [-0.3, -0.25) is 0 Å². The van der Waals surface area contributed by atoms with Gasteiger partial charge in [0, 0.05) is 17.4 Å². The van der Waals surface area contributed by atoms with Crippen molar-refractivity contribution in [2.24, 2.45) is 0 Å². The van der Waals surface area contributed by atoms with Crippen molar-refractivity contribution in [1.82, 2.24) is 10.2 Å². The molecule has 0 radical (unpaired) electrons. The quantitative estimate of drug-likeness (QED) is 0.650. The zero-order valence-electron chi connectivity index (χ0n) is 16.8. The van der Waals surface area contributed by atoms with E-state index in [1.807, 2.05) is 59.5 Å². The Morgan fingerprint density at radius 3 is 2.43 bits per heavy atom. The number of aliphatic hydroxyl groups is 1. The summed E-state index contributed by atoms with van der Waals surface area (Å²) in [5.74, 6) is 0. The van der Waals surface area contributed by atoms with Gasteiger partial charge in [0.15, 0.2) is 0 Å². The normalized spacial score (nSPS) is 21.8. The zero-order valence-corrected chi connectivity index (χ0v) is 18.4. The second-order valence-corrected chi connectivity index (χ2v) is 9.31. The molecule has 0 aromatic heterocycles. The average Bonchev–Trinajstić information content (AvgIpc) is 2.80. The van der Waals surface area contributed by atoms with Gasteiger partial charge in [0.05, 0.1) is 17.2 Å². The Morgan fingerprint density at radius 2 is 1.82 bits per heavy atom. The van der Waals surface area contributed by atoms with E-state index in [-0.39, 0.29) is 12.1 Å². The SMILES string of the molecule is C[C@@H](c1ccc(Br)cc1)N1CCC[C@](CC(C)(C)O)(c2ccccc2)NC1=O. The van der Waals surface area contributed by atoms with Crippen molar-refractivity contribution in [2.75, 3.05) is 6.54 Å². The predicted octanol–water partition coefficient (Wildman–Crippen LogP) is 5.37. The minimum Gasteiger partial charge on any atom is -0.390 e. The Hall–Kier alpha value is -1.85. The first-order valence-electron chi connectivity index (χ1n) is 9.82. The highest BCUT2D eigenvalue weighted by Crippen LogP contribution is 2.38. The lowest BCUT2D eigenvalue weighted by molar-refractivity contribution is 0.0357. The summed E-state index contributed by atoms with van der Waals surface area (Å²) < 4.78 is 1.03. The molecule has 1 aliphatic heterocycles. The summed E-state index contributed by atoms with van der Waals surface area (Å²) in [6.45, 7) is 6.35. The van der Waals surface area contributed by atoms with Gasteiger partial charge in [0.1, 0.15) is 0 Å². The largest absolute Gasteiger partial charge is 0.390 e. The maximum absolute atomic E-state index is 13.3. The van der Waals surface area contributed by atoms with Crippen LogP contribution in [-0.2, 0) is 5.54 Å². The molecule has 28 heavy (non-hydrogen) atoms. The number of rotatable bonds is 5. The highest BCUT2D eigenvalue weighted by atomic mass is 79.9. The van der Waals surface area contributed by atoms with E-state index in [1.54, 1.807) is 13.8 Å². The summed E-state index contributed by atoms with van der Waals surface area (Å²) in [5, 5.41) is 13.9. The Labute approximate surface area is 176 Å². The molecular weight excluding hydrogens is 416 g/mol. The number of hydrogen-bond donors (Lipinski definition) is 2. The van der Waals surface area contributed by atoms with E-state index in [0.29, 0.717) is 13.0 Å². The molecule has 0 spiro atoms. The van der Waals surface area contributed by atoms with Crippen molar-refractivity contribution < 1.29 is 9.90 Å². The van der Waals surface area contributed by atoms with Gasteiger partial charge in [-0.1, -0.05) is 58.4 Å². The number of halogens is 1. The van der Waals surface area contributed by atoms with E-state index >= 15 is 0 Å². The van der Waals surface area contributed by atoms with Crippen LogP contribution in [0.25, 0.3) is 0 Å². The molecule has 2 atom stereocenters. The first-order chi connectivity index (χ1) is 13.2. The fourth-order valence-electron chi connectivity index (χ4n) is 4.23. The van der Waals surface area contributed by atoms with Crippen LogP contribution in [-0.4, -0.2) is 28.2 Å². The molecule has 0 aliphatic carbocycles. The summed E-state index contributed by atoms with van der Waals surface area (Å²) in [7, 11) is 0. The van der Waals surface area contributed by atoms with Crippen LogP contribution in [0.15, 0.2) is 59.1 Å². The first kappa shape index (κ1) is 20.9. The number of benzene rings is 2. The summed E-state index contributed by atoms with van der Waals surface area (Å²) in [5.41, 5.74) is 0.678. The number of amides is 2. The molecule has 0 bridgehead atoms. The molecule has 0 unspecified atom stereocenters. The van der Waals surface area contributed by atoms with Gasteiger partial charge in [-0.2, -0.15) is 0 Å². The highest BCUT2D eigenvalue weighted by Gasteiger charge is 2.41. The minimum atomic E-state index is -0.893. The van der Waals surface area contributed by atoms with Crippen molar-refractivity contribution >= 4 is 22.0 Å². The summed E-state index contributed by atoms with van der Waals surface area (Å²) in [4.78, 5) is 15.2. The van der Waals surface area contributed by atoms with Crippen LogP contribution in [0.3, 0.4) is 0 Å². The molecule has 5 heteroatoms. The van der Waals surface area contributed by atoms with E-state index in [2.05, 4.69) is 28.2 Å². The second kappa shape index (κ2) is 8.26. The number of hydrogen-bond acceptors (Lipinski definition) is 2. The van der Waals surface area contributed by atoms with E-state index in [0.717, 1.165) is 28.4 Å². The van der Waals surface area contributed by atoms with Crippen molar-refractivity contribution in [1.29, 1.82) is 0 Å². The molecule has 2 N–H and O–H groups in total. The van der Waals surface area contributed by atoms with Gasteiger partial charge in [-0.25, -0.2) is 4.79 Å².